The van der Waals surface area contributed by atoms with Gasteiger partial charge >= 0.3 is 0 Å². The highest BCUT2D eigenvalue weighted by molar-refractivity contribution is 7.92. The van der Waals surface area contributed by atoms with Gasteiger partial charge in [-0.05, 0) is 26.0 Å². The summed E-state index contributed by atoms with van der Waals surface area (Å²) in [5, 5.41) is -0.645. The van der Waals surface area contributed by atoms with Crippen molar-refractivity contribution in [3.05, 3.63) is 29.8 Å². The van der Waals surface area contributed by atoms with Crippen LogP contribution in [0.15, 0.2) is 39.1 Å². The summed E-state index contributed by atoms with van der Waals surface area (Å²) in [5.41, 5.74) is 1.04. The van der Waals surface area contributed by atoms with E-state index in [-0.39, 0.29) is 6.54 Å². The zero-order valence-corrected chi connectivity index (χ0v) is 10.6. The van der Waals surface area contributed by atoms with Gasteiger partial charge in [-0.2, -0.15) is 0 Å². The normalized spacial score (nSPS) is 20.1. The summed E-state index contributed by atoms with van der Waals surface area (Å²) in [6.45, 7) is 3.93. The van der Waals surface area contributed by atoms with Crippen molar-refractivity contribution >= 4 is 21.9 Å². The van der Waals surface area contributed by atoms with Crippen molar-refractivity contribution in [3.8, 4) is 0 Å². The number of aliphatic imine (C=N–C) groups is 2. The molecule has 0 saturated heterocycles. The Morgan fingerprint density at radius 2 is 1.82 bits per heavy atom. The molecule has 1 aliphatic rings. The van der Waals surface area contributed by atoms with Gasteiger partial charge in [0.2, 0.25) is 0 Å². The van der Waals surface area contributed by atoms with Crippen molar-refractivity contribution in [3.63, 3.8) is 0 Å². The number of nitrogens with zero attached hydrogens (tertiary/aromatic N) is 2. The van der Waals surface area contributed by atoms with Gasteiger partial charge in [-0.25, -0.2) is 13.4 Å². The monoisotopic (exact) mass is 250 g/mol. The average Bonchev–Trinajstić information content (AvgIpc) is 2.30. The topological polar surface area (TPSA) is 58.9 Å². The molecule has 0 aromatic heterocycles. The maximum atomic E-state index is 12.2. The summed E-state index contributed by atoms with van der Waals surface area (Å²) >= 11 is 0. The van der Waals surface area contributed by atoms with Gasteiger partial charge in [0.15, 0.2) is 9.84 Å². The standard InChI is InChI=1S/C12H14N2O2S/c1-9-3-5-11(6-4-9)17(15,16)12-7-13-10(2)14-8-12/h3-7,12H,8H2,1-2H3. The van der Waals surface area contributed by atoms with Crippen LogP contribution in [0.4, 0.5) is 0 Å². The van der Waals surface area contributed by atoms with E-state index in [0.29, 0.717) is 10.7 Å². The van der Waals surface area contributed by atoms with Gasteiger partial charge < -0.3 is 0 Å². The Kier molecular flexibility index (Phi) is 3.11. The SMILES string of the molecule is CC1=NCC(S(=O)(=O)c2ccc(C)cc2)C=N1. The Morgan fingerprint density at radius 1 is 1.18 bits per heavy atom. The predicted molar refractivity (Wildman–Crippen MR) is 68.6 cm³/mol. The quantitative estimate of drug-likeness (QED) is 0.801. The second kappa shape index (κ2) is 4.41. The molecule has 4 nitrogen and oxygen atoms in total. The third-order valence-electron chi connectivity index (χ3n) is 2.68. The lowest BCUT2D eigenvalue weighted by atomic mass is 10.2. The van der Waals surface area contributed by atoms with E-state index in [1.165, 1.54) is 6.21 Å². The zero-order chi connectivity index (χ0) is 12.5. The molecule has 90 valence electrons. The Balaban J connectivity index is 2.32. The Hall–Kier alpha value is -1.49. The minimum absolute atomic E-state index is 0.255. The molecule has 0 aliphatic carbocycles. The van der Waals surface area contributed by atoms with Crippen LogP contribution in [0.5, 0.6) is 0 Å². The molecule has 1 aromatic carbocycles. The van der Waals surface area contributed by atoms with E-state index in [2.05, 4.69) is 9.98 Å². The number of aryl methyl sites for hydroxylation is 1. The summed E-state index contributed by atoms with van der Waals surface area (Å²) in [7, 11) is -3.36. The van der Waals surface area contributed by atoms with Crippen molar-refractivity contribution in [2.24, 2.45) is 9.98 Å². The van der Waals surface area contributed by atoms with Crippen LogP contribution < -0.4 is 0 Å². The van der Waals surface area contributed by atoms with E-state index >= 15 is 0 Å². The minimum Gasteiger partial charge on any atom is -0.269 e. The third-order valence-corrected chi connectivity index (χ3v) is 4.67. The third kappa shape index (κ3) is 2.44. The molecule has 1 aliphatic heterocycles. The molecule has 0 saturated carbocycles. The highest BCUT2D eigenvalue weighted by Crippen LogP contribution is 2.17. The van der Waals surface area contributed by atoms with E-state index in [4.69, 9.17) is 0 Å². The van der Waals surface area contributed by atoms with Crippen molar-refractivity contribution in [2.75, 3.05) is 6.54 Å². The largest absolute Gasteiger partial charge is 0.269 e. The average molecular weight is 250 g/mol. The molecular formula is C12H14N2O2S. The second-order valence-corrected chi connectivity index (χ2v) is 6.23. The number of amidine groups is 1. The van der Waals surface area contributed by atoms with Gasteiger partial charge in [0.25, 0.3) is 0 Å². The molecule has 0 amide bonds. The maximum absolute atomic E-state index is 12.2. The van der Waals surface area contributed by atoms with Crippen molar-refractivity contribution in [1.29, 1.82) is 0 Å². The van der Waals surface area contributed by atoms with E-state index in [9.17, 15) is 8.42 Å². The number of hydrogen-bond acceptors (Lipinski definition) is 4. The number of rotatable bonds is 2. The molecule has 0 bridgehead atoms. The van der Waals surface area contributed by atoms with Crippen LogP contribution in [-0.2, 0) is 9.84 Å². The molecule has 1 unspecified atom stereocenters. The van der Waals surface area contributed by atoms with E-state index in [1.54, 1.807) is 31.2 Å². The molecular weight excluding hydrogens is 236 g/mol. The van der Waals surface area contributed by atoms with Crippen LogP contribution in [0.3, 0.4) is 0 Å². The van der Waals surface area contributed by atoms with Crippen LogP contribution in [0.1, 0.15) is 12.5 Å². The predicted octanol–water partition coefficient (Wildman–Crippen LogP) is 1.64. The summed E-state index contributed by atoms with van der Waals surface area (Å²) in [5.74, 6) is 0.625. The van der Waals surface area contributed by atoms with Crippen molar-refractivity contribution in [2.45, 2.75) is 24.0 Å². The molecule has 0 spiro atoms. The fourth-order valence-corrected chi connectivity index (χ4v) is 2.94. The first kappa shape index (κ1) is 12.0. The van der Waals surface area contributed by atoms with Crippen molar-refractivity contribution in [1.82, 2.24) is 0 Å². The highest BCUT2D eigenvalue weighted by Gasteiger charge is 2.27. The smallest absolute Gasteiger partial charge is 0.188 e. The first-order valence-corrected chi connectivity index (χ1v) is 6.90. The molecule has 1 aromatic rings. The lowest BCUT2D eigenvalue weighted by Crippen LogP contribution is -2.29. The van der Waals surface area contributed by atoms with Gasteiger partial charge in [0.05, 0.1) is 11.4 Å². The van der Waals surface area contributed by atoms with Crippen LogP contribution in [0, 0.1) is 6.92 Å². The van der Waals surface area contributed by atoms with Gasteiger partial charge in [-0.3, -0.25) is 4.99 Å². The maximum Gasteiger partial charge on any atom is 0.188 e. The van der Waals surface area contributed by atoms with Crippen molar-refractivity contribution < 1.29 is 8.42 Å². The van der Waals surface area contributed by atoms with Crippen LogP contribution >= 0.6 is 0 Å². The fraction of sp³-hybridized carbons (Fsp3) is 0.333. The number of benzene rings is 1. The lowest BCUT2D eigenvalue weighted by molar-refractivity contribution is 0.591. The Labute approximate surface area is 101 Å². The lowest BCUT2D eigenvalue weighted by Gasteiger charge is -2.14. The van der Waals surface area contributed by atoms with E-state index in [0.717, 1.165) is 5.56 Å². The van der Waals surface area contributed by atoms with Gasteiger partial charge in [-0.15, -0.1) is 0 Å². The molecule has 17 heavy (non-hydrogen) atoms. The summed E-state index contributed by atoms with van der Waals surface area (Å²) in [6.07, 6.45) is 1.47. The molecule has 2 rings (SSSR count). The zero-order valence-electron chi connectivity index (χ0n) is 9.79. The van der Waals surface area contributed by atoms with Crippen LogP contribution in [0.2, 0.25) is 0 Å². The summed E-state index contributed by atoms with van der Waals surface area (Å²) < 4.78 is 24.5. The molecule has 1 atom stereocenters. The molecule has 0 N–H and O–H groups in total. The summed E-state index contributed by atoms with van der Waals surface area (Å²) in [4.78, 5) is 8.35. The van der Waals surface area contributed by atoms with E-state index in [1.807, 2.05) is 6.92 Å². The molecule has 0 radical (unpaired) electrons. The Bertz CT molecular complexity index is 571. The molecule has 1 heterocycles. The van der Waals surface area contributed by atoms with Crippen LogP contribution in [0.25, 0.3) is 0 Å². The number of sulfone groups is 1. The van der Waals surface area contributed by atoms with E-state index < -0.39 is 15.1 Å². The minimum atomic E-state index is -3.36. The first-order valence-electron chi connectivity index (χ1n) is 5.36. The molecule has 0 fully saturated rings. The summed E-state index contributed by atoms with van der Waals surface area (Å²) in [6, 6.07) is 6.84. The molecule has 5 heteroatoms. The fourth-order valence-electron chi connectivity index (χ4n) is 1.58. The Morgan fingerprint density at radius 3 is 2.35 bits per heavy atom. The van der Waals surface area contributed by atoms with Gasteiger partial charge in [-0.1, -0.05) is 17.7 Å². The second-order valence-electron chi connectivity index (χ2n) is 4.06. The highest BCUT2D eigenvalue weighted by atomic mass is 32.2. The number of hydrogen-bond donors (Lipinski definition) is 0. The van der Waals surface area contributed by atoms with Gasteiger partial charge in [0.1, 0.15) is 11.1 Å². The first-order chi connectivity index (χ1) is 8.00. The van der Waals surface area contributed by atoms with Crippen LogP contribution in [-0.4, -0.2) is 32.3 Å². The van der Waals surface area contributed by atoms with Gasteiger partial charge in [0, 0.05) is 6.21 Å².